The van der Waals surface area contributed by atoms with E-state index in [-0.39, 0.29) is 10.8 Å². The Hall–Kier alpha value is -2.05. The van der Waals surface area contributed by atoms with E-state index in [0.29, 0.717) is 29.7 Å². The summed E-state index contributed by atoms with van der Waals surface area (Å²) in [6.45, 7) is 3.14. The molecule has 1 fully saturated rings. The molecule has 33 heavy (non-hydrogen) atoms. The first-order valence-electron chi connectivity index (χ1n) is 10.5. The van der Waals surface area contributed by atoms with Crippen molar-refractivity contribution >= 4 is 75.9 Å². The molecule has 11 heteroatoms. The molecule has 0 radical (unpaired) electrons. The normalized spacial score (nSPS) is 17.6. The number of hydrogen-bond donors (Lipinski definition) is 1. The molecule has 1 saturated heterocycles. The average Bonchev–Trinajstić information content (AvgIpc) is 3.42. The summed E-state index contributed by atoms with van der Waals surface area (Å²) in [5, 5.41) is 3.35. The van der Waals surface area contributed by atoms with Crippen LogP contribution in [0.15, 0.2) is 45.6 Å². The van der Waals surface area contributed by atoms with E-state index in [1.54, 1.807) is 39.5 Å². The lowest BCUT2D eigenvalue weighted by Crippen LogP contribution is -2.39. The van der Waals surface area contributed by atoms with Crippen molar-refractivity contribution < 1.29 is 13.2 Å². The van der Waals surface area contributed by atoms with Gasteiger partial charge in [-0.1, -0.05) is 30.0 Å². The minimum absolute atomic E-state index is 0.213. The number of fused-ring (bicyclic) bond motifs is 3. The second-order valence-corrected chi connectivity index (χ2v) is 13.0. The highest BCUT2D eigenvalue weighted by atomic mass is 32.2. The number of benzene rings is 2. The SMILES string of the molecule is CSc1nc2ccc3nc(NC(=O)c4ccc(S(=O)(=O)N5CCCC(C)C5)cc4)sc3c2s1. The van der Waals surface area contributed by atoms with E-state index in [1.807, 2.05) is 18.4 Å². The van der Waals surface area contributed by atoms with E-state index in [1.165, 1.54) is 23.5 Å². The molecular formula is C22H22N4O3S4. The number of nitrogens with zero attached hydrogens (tertiary/aromatic N) is 3. The van der Waals surface area contributed by atoms with Gasteiger partial charge in [-0.2, -0.15) is 4.31 Å². The first kappa shape index (κ1) is 22.7. The van der Waals surface area contributed by atoms with Crippen LogP contribution in [0.25, 0.3) is 20.4 Å². The number of thioether (sulfide) groups is 1. The second kappa shape index (κ2) is 8.95. The Bertz CT molecular complexity index is 1440. The van der Waals surface area contributed by atoms with Gasteiger partial charge < -0.3 is 0 Å². The summed E-state index contributed by atoms with van der Waals surface area (Å²) in [6.07, 6.45) is 3.91. The first-order chi connectivity index (χ1) is 15.8. The molecule has 1 aliphatic rings. The first-order valence-corrected chi connectivity index (χ1v) is 14.8. The van der Waals surface area contributed by atoms with Crippen LogP contribution in [0.2, 0.25) is 0 Å². The maximum atomic E-state index is 12.9. The number of sulfonamides is 1. The fourth-order valence-corrected chi connectivity index (χ4v) is 8.21. The van der Waals surface area contributed by atoms with Crippen LogP contribution in [0.4, 0.5) is 5.13 Å². The van der Waals surface area contributed by atoms with Crippen molar-refractivity contribution in [2.45, 2.75) is 29.0 Å². The van der Waals surface area contributed by atoms with Crippen LogP contribution in [0.3, 0.4) is 0 Å². The van der Waals surface area contributed by atoms with Crippen molar-refractivity contribution in [3.05, 3.63) is 42.0 Å². The van der Waals surface area contributed by atoms with E-state index in [9.17, 15) is 13.2 Å². The van der Waals surface area contributed by atoms with Gasteiger partial charge in [-0.05, 0) is 61.4 Å². The van der Waals surface area contributed by atoms with E-state index in [2.05, 4.69) is 22.2 Å². The maximum absolute atomic E-state index is 12.9. The Kier molecular flexibility index (Phi) is 6.17. The third-order valence-electron chi connectivity index (χ3n) is 5.66. The zero-order valence-corrected chi connectivity index (χ0v) is 21.3. The van der Waals surface area contributed by atoms with Crippen LogP contribution in [0.5, 0.6) is 0 Å². The fourth-order valence-electron chi connectivity index (χ4n) is 3.95. The Morgan fingerprint density at radius 2 is 1.79 bits per heavy atom. The summed E-state index contributed by atoms with van der Waals surface area (Å²) in [7, 11) is -3.55. The van der Waals surface area contributed by atoms with Crippen molar-refractivity contribution in [1.82, 2.24) is 14.3 Å². The average molecular weight is 519 g/mol. The van der Waals surface area contributed by atoms with Crippen molar-refractivity contribution in [2.24, 2.45) is 5.92 Å². The summed E-state index contributed by atoms with van der Waals surface area (Å²) in [6, 6.07) is 9.97. The number of thiazole rings is 2. The molecule has 0 bridgehead atoms. The second-order valence-electron chi connectivity index (χ2n) is 8.05. The van der Waals surface area contributed by atoms with Gasteiger partial charge in [0.25, 0.3) is 5.91 Å². The topological polar surface area (TPSA) is 92.3 Å². The van der Waals surface area contributed by atoms with Crippen LogP contribution in [0, 0.1) is 5.92 Å². The van der Waals surface area contributed by atoms with Gasteiger partial charge >= 0.3 is 0 Å². The van der Waals surface area contributed by atoms with Gasteiger partial charge in [0.15, 0.2) is 9.47 Å². The summed E-state index contributed by atoms with van der Waals surface area (Å²) >= 11 is 4.64. The van der Waals surface area contributed by atoms with Crippen LogP contribution in [0.1, 0.15) is 30.1 Å². The maximum Gasteiger partial charge on any atom is 0.257 e. The van der Waals surface area contributed by atoms with Gasteiger partial charge in [0.2, 0.25) is 10.0 Å². The largest absolute Gasteiger partial charge is 0.298 e. The Morgan fingerprint density at radius 1 is 1.09 bits per heavy atom. The van der Waals surface area contributed by atoms with Gasteiger partial charge in [0.05, 0.1) is 25.3 Å². The van der Waals surface area contributed by atoms with Crippen molar-refractivity contribution in [1.29, 1.82) is 0 Å². The molecular weight excluding hydrogens is 497 g/mol. The van der Waals surface area contributed by atoms with Gasteiger partial charge in [0, 0.05) is 18.7 Å². The monoisotopic (exact) mass is 518 g/mol. The van der Waals surface area contributed by atoms with Gasteiger partial charge in [-0.25, -0.2) is 18.4 Å². The number of aromatic nitrogens is 2. The number of carbonyl (C=O) groups excluding carboxylic acids is 1. The lowest BCUT2D eigenvalue weighted by Gasteiger charge is -2.30. The number of hydrogen-bond acceptors (Lipinski definition) is 8. The molecule has 5 rings (SSSR count). The van der Waals surface area contributed by atoms with Crippen LogP contribution >= 0.6 is 34.4 Å². The van der Waals surface area contributed by atoms with Gasteiger partial charge in [-0.3, -0.25) is 10.1 Å². The highest BCUT2D eigenvalue weighted by molar-refractivity contribution is 8.00. The van der Waals surface area contributed by atoms with Gasteiger partial charge in [0.1, 0.15) is 0 Å². The molecule has 4 aromatic rings. The Morgan fingerprint density at radius 3 is 2.48 bits per heavy atom. The molecule has 2 aromatic carbocycles. The molecule has 0 aliphatic carbocycles. The molecule has 1 atom stereocenters. The summed E-state index contributed by atoms with van der Waals surface area (Å²) in [5.74, 6) is 0.0286. The van der Waals surface area contributed by atoms with Crippen LogP contribution in [-0.4, -0.2) is 47.9 Å². The molecule has 0 spiro atoms. The standard InChI is InChI=1S/C22H22N4O3S4/c1-13-4-3-11-26(12-13)33(28,29)15-7-5-14(6-8-15)20(27)25-21-23-16-9-10-17-19(18(16)31-21)32-22(24-17)30-2/h5-10,13H,3-4,11-12H2,1-2H3,(H,23,25,27). The fraction of sp³-hybridized carbons (Fsp3) is 0.318. The lowest BCUT2D eigenvalue weighted by molar-refractivity contribution is 0.102. The molecule has 1 unspecified atom stereocenters. The van der Waals surface area contributed by atoms with E-state index >= 15 is 0 Å². The number of nitrogens with one attached hydrogen (secondary N) is 1. The quantitative estimate of drug-likeness (QED) is 0.361. The number of carbonyl (C=O) groups is 1. The van der Waals surface area contributed by atoms with Crippen molar-refractivity contribution in [3.8, 4) is 0 Å². The molecule has 172 valence electrons. The number of piperidine rings is 1. The molecule has 0 saturated carbocycles. The Balaban J connectivity index is 1.35. The van der Waals surface area contributed by atoms with Crippen LogP contribution in [-0.2, 0) is 10.0 Å². The van der Waals surface area contributed by atoms with E-state index in [0.717, 1.165) is 37.6 Å². The minimum Gasteiger partial charge on any atom is -0.298 e. The third kappa shape index (κ3) is 4.40. The lowest BCUT2D eigenvalue weighted by atomic mass is 10.0. The minimum atomic E-state index is -3.55. The van der Waals surface area contributed by atoms with E-state index < -0.39 is 10.0 Å². The predicted molar refractivity (Wildman–Crippen MR) is 136 cm³/mol. The highest BCUT2D eigenvalue weighted by Gasteiger charge is 2.28. The number of amides is 1. The smallest absolute Gasteiger partial charge is 0.257 e. The summed E-state index contributed by atoms with van der Waals surface area (Å²) in [4.78, 5) is 22.1. The van der Waals surface area contributed by atoms with Crippen molar-refractivity contribution in [2.75, 3.05) is 24.7 Å². The molecule has 1 amide bonds. The molecule has 3 heterocycles. The summed E-state index contributed by atoms with van der Waals surface area (Å²) < 4.78 is 30.5. The third-order valence-corrected chi connectivity index (χ3v) is 10.7. The molecule has 1 aliphatic heterocycles. The highest BCUT2D eigenvalue weighted by Crippen LogP contribution is 2.38. The van der Waals surface area contributed by atoms with Gasteiger partial charge in [-0.15, -0.1) is 11.3 Å². The zero-order valence-electron chi connectivity index (χ0n) is 18.1. The summed E-state index contributed by atoms with van der Waals surface area (Å²) in [5.41, 5.74) is 2.13. The van der Waals surface area contributed by atoms with Crippen LogP contribution < -0.4 is 5.32 Å². The number of anilines is 1. The molecule has 1 N–H and O–H groups in total. The molecule has 2 aromatic heterocycles. The van der Waals surface area contributed by atoms with E-state index in [4.69, 9.17) is 0 Å². The zero-order chi connectivity index (χ0) is 23.2. The van der Waals surface area contributed by atoms with Crippen molar-refractivity contribution in [3.63, 3.8) is 0 Å². The predicted octanol–water partition coefficient (Wildman–Crippen LogP) is 5.30. The number of rotatable bonds is 5. The Labute approximate surface area is 204 Å². The molecule has 7 nitrogen and oxygen atoms in total.